The number of nitrogens with zero attached hydrogens (tertiary/aromatic N) is 3. The number of carbonyl (C=O) groups is 1. The number of hydrogen-bond acceptors (Lipinski definition) is 8. The number of amides is 1. The van der Waals surface area contributed by atoms with Gasteiger partial charge >= 0.3 is 7.82 Å². The minimum Gasteiger partial charge on any atom is -0.504 e. The van der Waals surface area contributed by atoms with Gasteiger partial charge in [0.05, 0.1) is 36.1 Å². The smallest absolute Gasteiger partial charge is 0.504 e. The van der Waals surface area contributed by atoms with E-state index >= 15 is 0 Å². The van der Waals surface area contributed by atoms with E-state index in [4.69, 9.17) is 20.0 Å². The average Bonchev–Trinajstić information content (AvgIpc) is 3.29. The molecule has 0 aliphatic heterocycles. The first-order valence-electron chi connectivity index (χ1n) is 13.1. The predicted octanol–water partition coefficient (Wildman–Crippen LogP) is 3.80. The van der Waals surface area contributed by atoms with Crippen LogP contribution in [0.2, 0.25) is 0 Å². The molecule has 12 nitrogen and oxygen atoms in total. The van der Waals surface area contributed by atoms with Crippen LogP contribution in [0.25, 0.3) is 21.9 Å². The molecule has 6 N–H and O–H groups in total. The number of phenols is 1. The fourth-order valence-corrected chi connectivity index (χ4v) is 5.19. The standard InChI is InChI=1S/C27H33BrN5O7P/c1-2-3-7-22-32-24-25(33(22)16-18-5-4-6-21(34)26(18)40-41(36,37)38)19-9-8-17(14-20(19)31-27(24)29)10-12-39-13-11-30-23(35)15-28/h4-6,8-9,14,34H,2-3,7,10-13,15-16H2,1H3,(H2,29,31)(H,30,35)(H2,36,37,38). The van der Waals surface area contributed by atoms with Gasteiger partial charge in [-0.25, -0.2) is 14.5 Å². The van der Waals surface area contributed by atoms with Crippen molar-refractivity contribution < 1.29 is 33.5 Å². The second-order valence-corrected chi connectivity index (χ2v) is 11.2. The number of imidazole rings is 1. The van der Waals surface area contributed by atoms with E-state index in [9.17, 15) is 24.3 Å². The van der Waals surface area contributed by atoms with Crippen LogP contribution in [-0.4, -0.2) is 60.4 Å². The summed E-state index contributed by atoms with van der Waals surface area (Å²) in [6.45, 7) is 3.50. The molecule has 41 heavy (non-hydrogen) atoms. The number of ether oxygens (including phenoxy) is 1. The Morgan fingerprint density at radius 2 is 1.98 bits per heavy atom. The minimum atomic E-state index is -4.93. The number of nitrogens with one attached hydrogen (secondary N) is 1. The molecule has 0 atom stereocenters. The van der Waals surface area contributed by atoms with E-state index < -0.39 is 7.82 Å². The molecule has 2 aromatic carbocycles. The number of nitrogens with two attached hydrogens (primary N) is 1. The summed E-state index contributed by atoms with van der Waals surface area (Å²) in [5.41, 5.74) is 9.68. The van der Waals surface area contributed by atoms with Crippen molar-refractivity contribution in [3.8, 4) is 11.5 Å². The Morgan fingerprint density at radius 3 is 2.71 bits per heavy atom. The molecule has 4 rings (SSSR count). The van der Waals surface area contributed by atoms with Crippen molar-refractivity contribution in [2.45, 2.75) is 39.2 Å². The molecular weight excluding hydrogens is 617 g/mol. The number of unbranched alkanes of at least 4 members (excludes halogenated alkanes) is 1. The Hall–Kier alpha value is -3.22. The molecule has 2 aromatic heterocycles. The first kappa shape index (κ1) is 30.7. The zero-order valence-corrected chi connectivity index (χ0v) is 25.0. The SMILES string of the molecule is CCCCc1nc2c(N)nc3cc(CCOCCNC(=O)CBr)ccc3c2n1Cc1cccc(O)c1OP(=O)(O)O. The molecule has 0 unspecified atom stereocenters. The molecule has 4 aromatic rings. The number of aryl methyl sites for hydroxylation is 1. The summed E-state index contributed by atoms with van der Waals surface area (Å²) < 4.78 is 24.1. The lowest BCUT2D eigenvalue weighted by Gasteiger charge is -2.16. The van der Waals surface area contributed by atoms with Crippen LogP contribution in [-0.2, 0) is 33.5 Å². The second kappa shape index (κ2) is 13.6. The van der Waals surface area contributed by atoms with Gasteiger partial charge in [0.1, 0.15) is 11.3 Å². The number of halogens is 1. The number of phosphoric acid groups is 1. The highest BCUT2D eigenvalue weighted by molar-refractivity contribution is 9.09. The maximum absolute atomic E-state index is 11.6. The lowest BCUT2D eigenvalue weighted by Crippen LogP contribution is -2.28. The molecule has 0 aliphatic rings. The van der Waals surface area contributed by atoms with Crippen molar-refractivity contribution >= 4 is 57.4 Å². The quantitative estimate of drug-likeness (QED) is 0.0765. The summed E-state index contributed by atoms with van der Waals surface area (Å²) >= 11 is 3.10. The van der Waals surface area contributed by atoms with Crippen molar-refractivity contribution in [2.75, 3.05) is 30.8 Å². The molecule has 0 radical (unpaired) electrons. The van der Waals surface area contributed by atoms with Crippen LogP contribution in [0.5, 0.6) is 11.5 Å². The van der Waals surface area contributed by atoms with Gasteiger partial charge in [0.2, 0.25) is 5.91 Å². The minimum absolute atomic E-state index is 0.0928. The number of pyridine rings is 1. The molecule has 0 aliphatic carbocycles. The summed E-state index contributed by atoms with van der Waals surface area (Å²) in [7, 11) is -4.93. The lowest BCUT2D eigenvalue weighted by atomic mass is 10.1. The Morgan fingerprint density at radius 1 is 1.17 bits per heavy atom. The summed E-state index contributed by atoms with van der Waals surface area (Å²) in [5, 5.41) is 14.1. The third-order valence-corrected chi connectivity index (χ3v) is 7.37. The van der Waals surface area contributed by atoms with Gasteiger partial charge in [0.15, 0.2) is 17.3 Å². The molecule has 1 amide bonds. The molecular formula is C27H33BrN5O7P. The van der Waals surface area contributed by atoms with Crippen molar-refractivity contribution in [1.82, 2.24) is 19.9 Å². The first-order chi connectivity index (χ1) is 19.6. The van der Waals surface area contributed by atoms with Crippen molar-refractivity contribution in [3.05, 3.63) is 53.3 Å². The normalized spacial score (nSPS) is 11.8. The molecule has 0 fully saturated rings. The van der Waals surface area contributed by atoms with E-state index in [1.54, 1.807) is 12.1 Å². The topological polar surface area (TPSA) is 182 Å². The van der Waals surface area contributed by atoms with Crippen LogP contribution >= 0.6 is 23.8 Å². The van der Waals surface area contributed by atoms with E-state index in [-0.39, 0.29) is 35.1 Å². The van der Waals surface area contributed by atoms with Gasteiger partial charge in [-0.15, -0.1) is 0 Å². The van der Waals surface area contributed by atoms with E-state index in [0.717, 1.165) is 35.1 Å². The zero-order chi connectivity index (χ0) is 29.6. The second-order valence-electron chi connectivity index (χ2n) is 9.46. The molecule has 14 heteroatoms. The monoisotopic (exact) mass is 649 g/mol. The van der Waals surface area contributed by atoms with Crippen molar-refractivity contribution in [3.63, 3.8) is 0 Å². The molecule has 0 saturated heterocycles. The highest BCUT2D eigenvalue weighted by Crippen LogP contribution is 2.44. The van der Waals surface area contributed by atoms with E-state index in [1.807, 2.05) is 22.8 Å². The number of nitrogen functional groups attached to an aromatic ring is 1. The van der Waals surface area contributed by atoms with Gasteiger partial charge in [-0.05, 0) is 30.5 Å². The number of hydrogen-bond donors (Lipinski definition) is 5. The Kier molecular flexibility index (Phi) is 10.2. The van der Waals surface area contributed by atoms with E-state index in [2.05, 4.69) is 33.2 Å². The summed E-state index contributed by atoms with van der Waals surface area (Å²) in [6.07, 6.45) is 3.08. The van der Waals surface area contributed by atoms with Crippen LogP contribution in [0, 0.1) is 0 Å². The molecule has 0 bridgehead atoms. The number of phenolic OH excluding ortho intramolecular Hbond substituents is 1. The number of alkyl halides is 1. The van der Waals surface area contributed by atoms with Crippen molar-refractivity contribution in [1.29, 1.82) is 0 Å². The Bertz CT molecular complexity index is 1590. The predicted molar refractivity (Wildman–Crippen MR) is 159 cm³/mol. The first-order valence-corrected chi connectivity index (χ1v) is 15.8. The van der Waals surface area contributed by atoms with Gasteiger partial charge in [-0.3, -0.25) is 14.6 Å². The lowest BCUT2D eigenvalue weighted by molar-refractivity contribution is -0.118. The summed E-state index contributed by atoms with van der Waals surface area (Å²) in [6, 6.07) is 10.4. The number of aromatic hydroxyl groups is 1. The number of fused-ring (bicyclic) bond motifs is 3. The molecule has 2 heterocycles. The number of carbonyl (C=O) groups excluding carboxylic acids is 1. The fourth-order valence-electron chi connectivity index (χ4n) is 4.55. The fraction of sp³-hybridized carbons (Fsp3) is 0.370. The third-order valence-electron chi connectivity index (χ3n) is 6.44. The van der Waals surface area contributed by atoms with Crippen LogP contribution in [0.4, 0.5) is 5.82 Å². The summed E-state index contributed by atoms with van der Waals surface area (Å²) in [4.78, 5) is 39.6. The molecule has 0 spiro atoms. The Labute approximate surface area is 245 Å². The van der Waals surface area contributed by atoms with Crippen LogP contribution < -0.4 is 15.6 Å². The Balaban J connectivity index is 1.69. The van der Waals surface area contributed by atoms with Gasteiger partial charge in [-0.2, -0.15) is 0 Å². The van der Waals surface area contributed by atoms with Crippen LogP contribution in [0.3, 0.4) is 0 Å². The highest BCUT2D eigenvalue weighted by Gasteiger charge is 2.24. The van der Waals surface area contributed by atoms with Crippen LogP contribution in [0.15, 0.2) is 36.4 Å². The maximum atomic E-state index is 11.6. The van der Waals surface area contributed by atoms with Gasteiger partial charge in [-0.1, -0.05) is 53.5 Å². The number of para-hydroxylation sites is 1. The van der Waals surface area contributed by atoms with Crippen LogP contribution in [0.1, 0.15) is 36.7 Å². The molecule has 220 valence electrons. The molecule has 0 saturated carbocycles. The third kappa shape index (κ3) is 7.75. The van der Waals surface area contributed by atoms with E-state index in [0.29, 0.717) is 49.2 Å². The number of aromatic nitrogens is 3. The van der Waals surface area contributed by atoms with Gasteiger partial charge < -0.3 is 30.0 Å². The number of phosphoric ester groups is 1. The largest absolute Gasteiger partial charge is 0.524 e. The van der Waals surface area contributed by atoms with Crippen molar-refractivity contribution in [2.24, 2.45) is 0 Å². The van der Waals surface area contributed by atoms with E-state index in [1.165, 1.54) is 6.07 Å². The summed E-state index contributed by atoms with van der Waals surface area (Å²) in [5.74, 6) is 0.239. The maximum Gasteiger partial charge on any atom is 0.524 e. The number of rotatable bonds is 14. The number of anilines is 1. The highest BCUT2D eigenvalue weighted by atomic mass is 79.9. The van der Waals surface area contributed by atoms with Gasteiger partial charge in [0, 0.05) is 23.9 Å². The number of benzene rings is 2. The van der Waals surface area contributed by atoms with Gasteiger partial charge in [0.25, 0.3) is 0 Å². The zero-order valence-electron chi connectivity index (χ0n) is 22.5. The average molecular weight is 650 g/mol.